The third-order valence-electron chi connectivity index (χ3n) is 3.18. The lowest BCUT2D eigenvalue weighted by atomic mass is 9.86. The zero-order valence-electron chi connectivity index (χ0n) is 9.91. The molecule has 0 spiro atoms. The van der Waals surface area contributed by atoms with Gasteiger partial charge in [0, 0.05) is 0 Å². The molecule has 0 unspecified atom stereocenters. The van der Waals surface area contributed by atoms with E-state index in [1.54, 1.807) is 20.8 Å². The predicted octanol–water partition coefficient (Wildman–Crippen LogP) is 1.89. The fourth-order valence-corrected chi connectivity index (χ4v) is 3.35. The van der Waals surface area contributed by atoms with Crippen LogP contribution < -0.4 is 0 Å². The molecule has 0 aromatic rings. The molecule has 0 radical (unpaired) electrons. The van der Waals surface area contributed by atoms with Crippen LogP contribution in [0.1, 0.15) is 52.9 Å². The number of hydrogen-bond donors (Lipinski definition) is 1. The summed E-state index contributed by atoms with van der Waals surface area (Å²) < 4.78 is 23.2. The Morgan fingerprint density at radius 1 is 1.13 bits per heavy atom. The second-order valence-corrected chi connectivity index (χ2v) is 8.40. The van der Waals surface area contributed by atoms with Gasteiger partial charge in [0.05, 0.1) is 16.1 Å². The van der Waals surface area contributed by atoms with Gasteiger partial charge in [-0.05, 0) is 33.6 Å². The van der Waals surface area contributed by atoms with Gasteiger partial charge >= 0.3 is 0 Å². The Balaban J connectivity index is 2.76. The van der Waals surface area contributed by atoms with E-state index >= 15 is 0 Å². The molecule has 0 saturated heterocycles. The average molecular weight is 234 g/mol. The van der Waals surface area contributed by atoms with E-state index in [-0.39, 0.29) is 5.75 Å². The summed E-state index contributed by atoms with van der Waals surface area (Å²) in [4.78, 5) is 0. The van der Waals surface area contributed by atoms with Crippen LogP contribution in [0, 0.1) is 0 Å². The minimum absolute atomic E-state index is 0.0799. The lowest BCUT2D eigenvalue weighted by molar-refractivity contribution is 0.0254. The van der Waals surface area contributed by atoms with Crippen molar-refractivity contribution in [2.24, 2.45) is 0 Å². The minimum atomic E-state index is -3.21. The lowest BCUT2D eigenvalue weighted by Gasteiger charge is -2.34. The summed E-state index contributed by atoms with van der Waals surface area (Å²) in [7, 11) is -3.21. The molecular formula is C11H22O3S. The summed E-state index contributed by atoms with van der Waals surface area (Å²) in [5.41, 5.74) is -0.968. The van der Waals surface area contributed by atoms with Crippen molar-refractivity contribution in [3.05, 3.63) is 0 Å². The Morgan fingerprint density at radius 3 is 2.00 bits per heavy atom. The van der Waals surface area contributed by atoms with Gasteiger partial charge in [0.15, 0.2) is 9.84 Å². The first-order valence-electron chi connectivity index (χ1n) is 5.61. The smallest absolute Gasteiger partial charge is 0.158 e. The molecule has 15 heavy (non-hydrogen) atoms. The van der Waals surface area contributed by atoms with Crippen LogP contribution in [0.5, 0.6) is 0 Å². The van der Waals surface area contributed by atoms with Gasteiger partial charge in [-0.3, -0.25) is 0 Å². The van der Waals surface area contributed by atoms with Crippen LogP contribution in [-0.2, 0) is 9.84 Å². The maximum absolute atomic E-state index is 12.0. The van der Waals surface area contributed by atoms with Crippen LogP contribution in [0.4, 0.5) is 0 Å². The summed E-state index contributed by atoms with van der Waals surface area (Å²) in [6.45, 7) is 5.07. The number of aliphatic hydroxyl groups is 1. The summed E-state index contributed by atoms with van der Waals surface area (Å²) >= 11 is 0. The molecule has 1 N–H and O–H groups in total. The molecule has 4 heteroatoms. The topological polar surface area (TPSA) is 54.4 Å². The molecule has 0 bridgehead atoms. The van der Waals surface area contributed by atoms with Crippen LogP contribution in [0.15, 0.2) is 0 Å². The van der Waals surface area contributed by atoms with Crippen molar-refractivity contribution < 1.29 is 13.5 Å². The monoisotopic (exact) mass is 234 g/mol. The van der Waals surface area contributed by atoms with E-state index in [0.29, 0.717) is 12.8 Å². The second kappa shape index (κ2) is 4.06. The largest absolute Gasteiger partial charge is 0.389 e. The molecule has 1 saturated carbocycles. The molecule has 1 fully saturated rings. The Morgan fingerprint density at radius 2 is 1.60 bits per heavy atom. The van der Waals surface area contributed by atoms with E-state index in [0.717, 1.165) is 19.3 Å². The van der Waals surface area contributed by atoms with Crippen LogP contribution >= 0.6 is 0 Å². The quantitative estimate of drug-likeness (QED) is 0.794. The maximum Gasteiger partial charge on any atom is 0.158 e. The zero-order valence-corrected chi connectivity index (χ0v) is 10.7. The van der Waals surface area contributed by atoms with Gasteiger partial charge in [0.25, 0.3) is 0 Å². The molecule has 3 nitrogen and oxygen atoms in total. The van der Waals surface area contributed by atoms with E-state index in [1.807, 2.05) is 0 Å². The highest BCUT2D eigenvalue weighted by molar-refractivity contribution is 7.92. The summed E-state index contributed by atoms with van der Waals surface area (Å²) in [5, 5.41) is 10.2. The Hall–Kier alpha value is -0.0900. The van der Waals surface area contributed by atoms with Gasteiger partial charge < -0.3 is 5.11 Å². The second-order valence-electron chi connectivity index (χ2n) is 5.66. The van der Waals surface area contributed by atoms with Crippen molar-refractivity contribution in [2.75, 3.05) is 5.75 Å². The number of sulfone groups is 1. The van der Waals surface area contributed by atoms with Crippen molar-refractivity contribution in [2.45, 2.75) is 63.2 Å². The van der Waals surface area contributed by atoms with Gasteiger partial charge in [0.1, 0.15) is 0 Å². The highest BCUT2D eigenvalue weighted by atomic mass is 32.2. The SMILES string of the molecule is CC(C)(C)S(=O)(=O)CC1(O)CCCCC1. The first-order valence-corrected chi connectivity index (χ1v) is 7.26. The van der Waals surface area contributed by atoms with Gasteiger partial charge in [0.2, 0.25) is 0 Å². The molecule has 0 aromatic carbocycles. The molecule has 0 heterocycles. The molecule has 90 valence electrons. The fraction of sp³-hybridized carbons (Fsp3) is 1.00. The van der Waals surface area contributed by atoms with Gasteiger partial charge in [-0.15, -0.1) is 0 Å². The first kappa shape index (κ1) is 13.0. The van der Waals surface area contributed by atoms with Crippen molar-refractivity contribution in [1.29, 1.82) is 0 Å². The highest BCUT2D eigenvalue weighted by Crippen LogP contribution is 2.31. The van der Waals surface area contributed by atoms with Crippen molar-refractivity contribution >= 4 is 9.84 Å². The third kappa shape index (κ3) is 3.18. The van der Waals surface area contributed by atoms with E-state index < -0.39 is 20.2 Å². The molecule has 1 rings (SSSR count). The first-order chi connectivity index (χ1) is 6.66. The van der Waals surface area contributed by atoms with E-state index in [9.17, 15) is 13.5 Å². The van der Waals surface area contributed by atoms with Crippen molar-refractivity contribution in [3.8, 4) is 0 Å². The van der Waals surface area contributed by atoms with Gasteiger partial charge in [-0.25, -0.2) is 8.42 Å². The summed E-state index contributed by atoms with van der Waals surface area (Å²) in [6, 6.07) is 0. The number of hydrogen-bond acceptors (Lipinski definition) is 3. The molecule has 0 atom stereocenters. The van der Waals surface area contributed by atoms with E-state index in [4.69, 9.17) is 0 Å². The van der Waals surface area contributed by atoms with E-state index in [2.05, 4.69) is 0 Å². The van der Waals surface area contributed by atoms with Crippen LogP contribution in [0.3, 0.4) is 0 Å². The zero-order chi connectivity index (χ0) is 11.7. The standard InChI is InChI=1S/C11H22O3S/c1-10(2,3)15(13,14)9-11(12)7-5-4-6-8-11/h12H,4-9H2,1-3H3. The molecule has 1 aliphatic rings. The van der Waals surface area contributed by atoms with Crippen LogP contribution in [-0.4, -0.2) is 29.6 Å². The van der Waals surface area contributed by atoms with Crippen molar-refractivity contribution in [1.82, 2.24) is 0 Å². The van der Waals surface area contributed by atoms with Gasteiger partial charge in [-0.2, -0.15) is 0 Å². The highest BCUT2D eigenvalue weighted by Gasteiger charge is 2.39. The predicted molar refractivity (Wildman–Crippen MR) is 61.6 cm³/mol. The molecule has 0 amide bonds. The normalized spacial score (nSPS) is 22.7. The molecule has 0 aliphatic heterocycles. The maximum atomic E-state index is 12.0. The van der Waals surface area contributed by atoms with Crippen molar-refractivity contribution in [3.63, 3.8) is 0 Å². The van der Waals surface area contributed by atoms with Gasteiger partial charge in [-0.1, -0.05) is 19.3 Å². The van der Waals surface area contributed by atoms with Crippen LogP contribution in [0.2, 0.25) is 0 Å². The molecule has 1 aliphatic carbocycles. The average Bonchev–Trinajstić information content (AvgIpc) is 2.00. The van der Waals surface area contributed by atoms with E-state index in [1.165, 1.54) is 0 Å². The third-order valence-corrected chi connectivity index (χ3v) is 5.96. The number of rotatable bonds is 2. The Kier molecular flexibility index (Phi) is 3.51. The summed E-state index contributed by atoms with van der Waals surface area (Å²) in [5.74, 6) is -0.0799. The lowest BCUT2D eigenvalue weighted by Crippen LogP contribution is -2.44. The fourth-order valence-electron chi connectivity index (χ4n) is 1.92. The van der Waals surface area contributed by atoms with Crippen LogP contribution in [0.25, 0.3) is 0 Å². The summed E-state index contributed by atoms with van der Waals surface area (Å²) in [6.07, 6.45) is 4.24. The molecular weight excluding hydrogens is 212 g/mol. The Labute approximate surface area is 92.8 Å². The molecule has 0 aromatic heterocycles. The minimum Gasteiger partial charge on any atom is -0.389 e. The Bertz CT molecular complexity index is 305.